The normalized spacial score (nSPS) is 26.2. The summed E-state index contributed by atoms with van der Waals surface area (Å²) in [4.78, 5) is 44.9. The lowest BCUT2D eigenvalue weighted by atomic mass is 9.97. The second-order valence-electron chi connectivity index (χ2n) is 10.1. The first-order valence-corrected chi connectivity index (χ1v) is 12.2. The minimum Gasteiger partial charge on any atom is -0.480 e. The molecule has 0 spiro atoms. The molecule has 1 aromatic heterocycles. The monoisotopic (exact) mass is 529 g/mol. The summed E-state index contributed by atoms with van der Waals surface area (Å²) >= 11 is 0. The molecule has 1 saturated heterocycles. The molecule has 1 aliphatic heterocycles. The van der Waals surface area contributed by atoms with E-state index in [0.29, 0.717) is 5.69 Å². The van der Waals surface area contributed by atoms with E-state index in [1.165, 1.54) is 12.5 Å². The van der Waals surface area contributed by atoms with Crippen molar-refractivity contribution in [3.8, 4) is 0 Å². The molecule has 2 rings (SSSR count). The van der Waals surface area contributed by atoms with E-state index in [0.717, 1.165) is 0 Å². The fourth-order valence-corrected chi connectivity index (χ4v) is 4.18. The number of carbonyl (C=O) groups excluding carboxylic acids is 2. The fourth-order valence-electron chi connectivity index (χ4n) is 4.18. The van der Waals surface area contributed by atoms with Crippen LogP contribution in [0.15, 0.2) is 12.5 Å². The first-order valence-electron chi connectivity index (χ1n) is 12.2. The molecule has 1 aromatic rings. The fraction of sp³-hybridized carbons (Fsp3) is 0.739. The number of carbonyl (C=O) groups is 3. The van der Waals surface area contributed by atoms with Crippen molar-refractivity contribution in [2.75, 3.05) is 13.2 Å². The third kappa shape index (κ3) is 7.69. The molecule has 0 aromatic carbocycles. The lowest BCUT2D eigenvalue weighted by Gasteiger charge is -2.36. The molecule has 0 bridgehead atoms. The van der Waals surface area contributed by atoms with Crippen molar-refractivity contribution >= 4 is 17.8 Å². The van der Waals surface area contributed by atoms with Crippen LogP contribution >= 0.6 is 0 Å². The highest BCUT2D eigenvalue weighted by molar-refractivity contribution is 5.92. The Bertz CT molecular complexity index is 897. The average molecular weight is 530 g/mol. The van der Waals surface area contributed by atoms with Gasteiger partial charge in [-0.25, -0.2) is 9.78 Å². The number of hydrogen-bond acceptors (Lipinski definition) is 10. The number of carboxylic acid groups (broad SMARTS) is 1. The van der Waals surface area contributed by atoms with Crippen LogP contribution in [0.1, 0.15) is 39.8 Å². The van der Waals surface area contributed by atoms with Crippen LogP contribution in [0, 0.1) is 11.8 Å². The van der Waals surface area contributed by atoms with E-state index in [1.54, 1.807) is 13.8 Å². The zero-order chi connectivity index (χ0) is 27.9. The van der Waals surface area contributed by atoms with Crippen LogP contribution in [-0.2, 0) is 25.5 Å². The first-order chi connectivity index (χ1) is 17.3. The average Bonchev–Trinajstić information content (AvgIpc) is 3.43. The van der Waals surface area contributed by atoms with E-state index in [1.807, 2.05) is 13.8 Å². The number of aromatic amines is 1. The summed E-state index contributed by atoms with van der Waals surface area (Å²) in [5.41, 5.74) is -1.44. The summed E-state index contributed by atoms with van der Waals surface area (Å²) < 4.78 is 5.51. The predicted molar refractivity (Wildman–Crippen MR) is 129 cm³/mol. The summed E-state index contributed by atoms with van der Waals surface area (Å²) in [7, 11) is 0. The molecular formula is C23H39N5O9. The minimum atomic E-state index is -1.95. The molecule has 14 heteroatoms. The van der Waals surface area contributed by atoms with Crippen LogP contribution in [0.4, 0.5) is 0 Å². The maximum Gasteiger partial charge on any atom is 0.326 e. The SMILES string of the molecule is CC(C)CC(NC(=O)C(Cc1cnc[nH]1)NC(=O)C(N[C@@]1(CO)O[C@H](CO)[C@@H](O)[C@@H]1O)C(C)C)C(=O)O. The number of nitrogens with one attached hydrogen (secondary N) is 4. The Morgan fingerprint density at radius 2 is 1.76 bits per heavy atom. The van der Waals surface area contributed by atoms with Crippen molar-refractivity contribution in [2.45, 2.75) is 82.7 Å². The largest absolute Gasteiger partial charge is 0.480 e. The van der Waals surface area contributed by atoms with E-state index >= 15 is 0 Å². The zero-order valence-electron chi connectivity index (χ0n) is 21.4. The number of aliphatic hydroxyl groups excluding tert-OH is 4. The third-order valence-corrected chi connectivity index (χ3v) is 6.24. The van der Waals surface area contributed by atoms with Gasteiger partial charge >= 0.3 is 5.97 Å². The molecular weight excluding hydrogens is 490 g/mol. The molecule has 0 saturated carbocycles. The number of aromatic nitrogens is 2. The number of ether oxygens (including phenoxy) is 1. The highest BCUT2D eigenvalue weighted by atomic mass is 16.6. The van der Waals surface area contributed by atoms with Gasteiger partial charge in [-0.15, -0.1) is 0 Å². The standard InChI is InChI=1S/C23H39N5O9/c1-11(2)5-15(22(35)36)27-20(33)14(6-13-7-24-10-25-13)26-21(34)17(12(3)4)28-23(9-30)19(32)18(31)16(8-29)37-23/h7,10-12,14-19,28-32H,5-6,8-9H2,1-4H3,(H,24,25)(H,26,34)(H,27,33)(H,35,36)/t14?,15?,16-,17?,18-,19+,23+/m1/s1. The smallest absolute Gasteiger partial charge is 0.326 e. The van der Waals surface area contributed by atoms with Crippen LogP contribution in [0.3, 0.4) is 0 Å². The lowest BCUT2D eigenvalue weighted by Crippen LogP contribution is -2.65. The Morgan fingerprint density at radius 3 is 2.22 bits per heavy atom. The summed E-state index contributed by atoms with van der Waals surface area (Å²) in [6, 6.07) is -3.49. The summed E-state index contributed by atoms with van der Waals surface area (Å²) in [6.45, 7) is 5.53. The number of carboxylic acids is 1. The van der Waals surface area contributed by atoms with Gasteiger partial charge in [0.25, 0.3) is 0 Å². The van der Waals surface area contributed by atoms with E-state index in [2.05, 4.69) is 25.9 Å². The van der Waals surface area contributed by atoms with E-state index in [-0.39, 0.29) is 18.8 Å². The highest BCUT2D eigenvalue weighted by Crippen LogP contribution is 2.30. The molecule has 9 N–H and O–H groups in total. The third-order valence-electron chi connectivity index (χ3n) is 6.24. The van der Waals surface area contributed by atoms with Crippen LogP contribution in [0.2, 0.25) is 0 Å². The van der Waals surface area contributed by atoms with Crippen molar-refractivity contribution in [2.24, 2.45) is 11.8 Å². The second-order valence-corrected chi connectivity index (χ2v) is 10.1. The highest BCUT2D eigenvalue weighted by Gasteiger charge is 2.55. The summed E-state index contributed by atoms with van der Waals surface area (Å²) in [6.07, 6.45) is -1.35. The van der Waals surface area contributed by atoms with Gasteiger partial charge in [0.2, 0.25) is 11.8 Å². The van der Waals surface area contributed by atoms with Gasteiger partial charge in [-0.1, -0.05) is 27.7 Å². The van der Waals surface area contributed by atoms with E-state index < -0.39 is 79.1 Å². The Kier molecular flexibility index (Phi) is 11.0. The molecule has 2 amide bonds. The van der Waals surface area contributed by atoms with E-state index in [9.17, 15) is 39.9 Å². The maximum atomic E-state index is 13.4. The van der Waals surface area contributed by atoms with Crippen LogP contribution < -0.4 is 16.0 Å². The topological polar surface area (TPSA) is 226 Å². The minimum absolute atomic E-state index is 0.0119. The van der Waals surface area contributed by atoms with Crippen molar-refractivity contribution in [1.82, 2.24) is 25.9 Å². The predicted octanol–water partition coefficient (Wildman–Crippen LogP) is -2.53. The number of amides is 2. The van der Waals surface area contributed by atoms with Gasteiger partial charge in [0.1, 0.15) is 30.4 Å². The summed E-state index contributed by atoms with van der Waals surface area (Å²) in [5.74, 6) is -3.08. The molecule has 37 heavy (non-hydrogen) atoms. The number of hydrogen-bond donors (Lipinski definition) is 9. The molecule has 2 heterocycles. The van der Waals surface area contributed by atoms with Crippen LogP contribution in [-0.4, -0.2) is 109 Å². The molecule has 210 valence electrons. The van der Waals surface area contributed by atoms with Gasteiger partial charge in [-0.2, -0.15) is 0 Å². The van der Waals surface area contributed by atoms with Crippen LogP contribution in [0.25, 0.3) is 0 Å². The zero-order valence-corrected chi connectivity index (χ0v) is 21.4. The molecule has 14 nitrogen and oxygen atoms in total. The van der Waals surface area contributed by atoms with E-state index in [4.69, 9.17) is 4.74 Å². The molecule has 1 fully saturated rings. The van der Waals surface area contributed by atoms with Crippen molar-refractivity contribution in [1.29, 1.82) is 0 Å². The number of nitrogens with zero attached hydrogens (tertiary/aromatic N) is 1. The molecule has 7 atom stereocenters. The van der Waals surface area contributed by atoms with Gasteiger partial charge in [-0.3, -0.25) is 14.9 Å². The van der Waals surface area contributed by atoms with Gasteiger partial charge in [0.05, 0.1) is 25.6 Å². The Balaban J connectivity index is 2.26. The van der Waals surface area contributed by atoms with Gasteiger partial charge in [0, 0.05) is 18.3 Å². The molecule has 0 radical (unpaired) electrons. The summed E-state index contributed by atoms with van der Waals surface area (Å²) in [5, 5.41) is 57.5. The molecule has 1 aliphatic rings. The van der Waals surface area contributed by atoms with Gasteiger partial charge in [0.15, 0.2) is 5.72 Å². The van der Waals surface area contributed by atoms with Crippen molar-refractivity contribution < 1.29 is 44.7 Å². The lowest BCUT2D eigenvalue weighted by molar-refractivity contribution is -0.153. The second kappa shape index (κ2) is 13.3. The molecule has 3 unspecified atom stereocenters. The van der Waals surface area contributed by atoms with Crippen molar-refractivity contribution in [3.63, 3.8) is 0 Å². The number of aliphatic hydroxyl groups is 4. The Morgan fingerprint density at radius 1 is 1.11 bits per heavy atom. The molecule has 0 aliphatic carbocycles. The number of aliphatic carboxylic acids is 1. The first kappa shape index (κ1) is 30.6. The van der Waals surface area contributed by atoms with Gasteiger partial charge < -0.3 is 45.9 Å². The van der Waals surface area contributed by atoms with Gasteiger partial charge in [-0.05, 0) is 18.3 Å². The maximum absolute atomic E-state index is 13.4. The Labute approximate surface area is 214 Å². The number of imidazole rings is 1. The number of rotatable bonds is 14. The van der Waals surface area contributed by atoms with Crippen LogP contribution in [0.5, 0.6) is 0 Å². The quantitative estimate of drug-likeness (QED) is 0.122. The number of H-pyrrole nitrogens is 1. The van der Waals surface area contributed by atoms with Crippen molar-refractivity contribution in [3.05, 3.63) is 18.2 Å². The Hall–Kier alpha value is -2.62.